The quantitative estimate of drug-likeness (QED) is 0.807. The van der Waals surface area contributed by atoms with Gasteiger partial charge >= 0.3 is 6.18 Å². The van der Waals surface area contributed by atoms with Gasteiger partial charge in [-0.2, -0.15) is 13.2 Å². The summed E-state index contributed by atoms with van der Waals surface area (Å²) in [5.41, 5.74) is 2.38. The van der Waals surface area contributed by atoms with Crippen molar-refractivity contribution in [3.8, 4) is 0 Å². The summed E-state index contributed by atoms with van der Waals surface area (Å²) < 4.78 is 36.9. The number of hydrogen-bond donors (Lipinski definition) is 1. The summed E-state index contributed by atoms with van der Waals surface area (Å²) >= 11 is 0. The maximum Gasteiger partial charge on any atom is 0.389 e. The van der Waals surface area contributed by atoms with Crippen molar-refractivity contribution in [3.63, 3.8) is 0 Å². The van der Waals surface area contributed by atoms with Crippen molar-refractivity contribution in [2.45, 2.75) is 25.9 Å². The van der Waals surface area contributed by atoms with Crippen LogP contribution in [0.2, 0.25) is 0 Å². The molecule has 1 aliphatic heterocycles. The van der Waals surface area contributed by atoms with Gasteiger partial charge in [-0.25, -0.2) is 0 Å². The van der Waals surface area contributed by atoms with Gasteiger partial charge in [-0.15, -0.1) is 0 Å². The number of fused-ring (bicyclic) bond motifs is 1. The standard InChI is InChI=1S/C12H12F3NO/c1-7-2-3-10-8(4-7)5-9(11(17)16-10)6-12(13,14)15/h2-4,9H,5-6H2,1H3,(H,16,17). The molecular formula is C12H12F3NO. The van der Waals surface area contributed by atoms with Gasteiger partial charge in [0.25, 0.3) is 0 Å². The molecule has 0 fully saturated rings. The van der Waals surface area contributed by atoms with Gasteiger partial charge in [-0.3, -0.25) is 4.79 Å². The molecule has 0 saturated carbocycles. The van der Waals surface area contributed by atoms with Crippen molar-refractivity contribution in [1.29, 1.82) is 0 Å². The zero-order valence-corrected chi connectivity index (χ0v) is 9.27. The fourth-order valence-corrected chi connectivity index (χ4v) is 2.05. The molecule has 1 aromatic carbocycles. The minimum absolute atomic E-state index is 0.155. The Morgan fingerprint density at radius 2 is 2.12 bits per heavy atom. The Hall–Kier alpha value is -1.52. The number of amides is 1. The molecule has 0 bridgehead atoms. The largest absolute Gasteiger partial charge is 0.389 e. The third kappa shape index (κ3) is 2.78. The number of anilines is 1. The van der Waals surface area contributed by atoms with Crippen molar-refractivity contribution in [2.24, 2.45) is 5.92 Å². The van der Waals surface area contributed by atoms with Crippen LogP contribution in [-0.4, -0.2) is 12.1 Å². The second-order valence-electron chi connectivity index (χ2n) is 4.37. The molecule has 0 saturated heterocycles. The Balaban J connectivity index is 2.22. The summed E-state index contributed by atoms with van der Waals surface area (Å²) in [6.45, 7) is 1.87. The summed E-state index contributed by atoms with van der Waals surface area (Å²) in [5, 5.41) is 2.52. The average molecular weight is 243 g/mol. The Morgan fingerprint density at radius 1 is 1.41 bits per heavy atom. The second-order valence-corrected chi connectivity index (χ2v) is 4.37. The number of benzene rings is 1. The predicted octanol–water partition coefficient (Wildman–Crippen LogP) is 3.06. The predicted molar refractivity (Wildman–Crippen MR) is 57.7 cm³/mol. The van der Waals surface area contributed by atoms with Crippen LogP contribution in [0.5, 0.6) is 0 Å². The number of rotatable bonds is 1. The van der Waals surface area contributed by atoms with Gasteiger partial charge < -0.3 is 5.32 Å². The monoisotopic (exact) mass is 243 g/mol. The first-order valence-electron chi connectivity index (χ1n) is 5.32. The van der Waals surface area contributed by atoms with Crippen molar-refractivity contribution in [1.82, 2.24) is 0 Å². The number of halogens is 3. The highest BCUT2D eigenvalue weighted by Crippen LogP contribution is 2.33. The first kappa shape index (κ1) is 12.0. The smallest absolute Gasteiger partial charge is 0.326 e. The lowest BCUT2D eigenvalue weighted by atomic mass is 9.90. The Labute approximate surface area is 96.8 Å². The second kappa shape index (κ2) is 4.05. The molecular weight excluding hydrogens is 231 g/mol. The zero-order valence-electron chi connectivity index (χ0n) is 9.27. The van der Waals surface area contributed by atoms with Gasteiger partial charge in [-0.05, 0) is 25.0 Å². The molecule has 1 aliphatic rings. The number of carbonyl (C=O) groups is 1. The Bertz CT molecular complexity index is 454. The Kier molecular flexibility index (Phi) is 2.85. The van der Waals surface area contributed by atoms with Crippen molar-refractivity contribution in [2.75, 3.05) is 5.32 Å². The highest BCUT2D eigenvalue weighted by Gasteiger charge is 2.37. The van der Waals surface area contributed by atoms with Crippen LogP contribution in [0, 0.1) is 12.8 Å². The molecule has 0 aliphatic carbocycles. The van der Waals surface area contributed by atoms with Crippen LogP contribution in [0.4, 0.5) is 18.9 Å². The van der Waals surface area contributed by atoms with Crippen LogP contribution in [0.15, 0.2) is 18.2 Å². The molecule has 5 heteroatoms. The minimum Gasteiger partial charge on any atom is -0.326 e. The molecule has 1 atom stereocenters. The Morgan fingerprint density at radius 3 is 2.76 bits per heavy atom. The van der Waals surface area contributed by atoms with Crippen LogP contribution in [0.3, 0.4) is 0 Å². The average Bonchev–Trinajstić information content (AvgIpc) is 2.17. The van der Waals surface area contributed by atoms with E-state index in [0.717, 1.165) is 11.1 Å². The van der Waals surface area contributed by atoms with E-state index in [4.69, 9.17) is 0 Å². The number of carbonyl (C=O) groups excluding carboxylic acids is 1. The minimum atomic E-state index is -4.30. The summed E-state index contributed by atoms with van der Waals surface area (Å²) in [6.07, 6.45) is -5.21. The van der Waals surface area contributed by atoms with E-state index in [1.807, 2.05) is 19.1 Å². The van der Waals surface area contributed by atoms with Crippen LogP contribution < -0.4 is 5.32 Å². The topological polar surface area (TPSA) is 29.1 Å². The number of aryl methyl sites for hydroxylation is 1. The molecule has 0 radical (unpaired) electrons. The highest BCUT2D eigenvalue weighted by molar-refractivity contribution is 5.95. The van der Waals surface area contributed by atoms with Crippen molar-refractivity contribution in [3.05, 3.63) is 29.3 Å². The van der Waals surface area contributed by atoms with E-state index >= 15 is 0 Å². The molecule has 1 aromatic rings. The van der Waals surface area contributed by atoms with Gasteiger partial charge in [-0.1, -0.05) is 17.7 Å². The molecule has 0 spiro atoms. The molecule has 17 heavy (non-hydrogen) atoms. The maximum atomic E-state index is 12.3. The van der Waals surface area contributed by atoms with Crippen molar-refractivity contribution < 1.29 is 18.0 Å². The highest BCUT2D eigenvalue weighted by atomic mass is 19.4. The van der Waals surface area contributed by atoms with Gasteiger partial charge in [0.05, 0.1) is 12.3 Å². The summed E-state index contributed by atoms with van der Waals surface area (Å²) in [5.74, 6) is -1.55. The van der Waals surface area contributed by atoms with Gasteiger partial charge in [0.1, 0.15) is 0 Å². The van der Waals surface area contributed by atoms with Crippen LogP contribution >= 0.6 is 0 Å². The van der Waals surface area contributed by atoms with Crippen LogP contribution in [0.1, 0.15) is 17.5 Å². The maximum absolute atomic E-state index is 12.3. The molecule has 2 rings (SSSR count). The van der Waals surface area contributed by atoms with E-state index in [1.54, 1.807) is 6.07 Å². The van der Waals surface area contributed by atoms with E-state index in [2.05, 4.69) is 5.32 Å². The van der Waals surface area contributed by atoms with Gasteiger partial charge in [0, 0.05) is 5.69 Å². The number of hydrogen-bond acceptors (Lipinski definition) is 1. The summed E-state index contributed by atoms with van der Waals surface area (Å²) in [6, 6.07) is 5.37. The van der Waals surface area contributed by atoms with E-state index in [1.165, 1.54) is 0 Å². The molecule has 2 nitrogen and oxygen atoms in total. The molecule has 1 unspecified atom stereocenters. The van der Waals surface area contributed by atoms with E-state index in [9.17, 15) is 18.0 Å². The molecule has 92 valence electrons. The summed E-state index contributed by atoms with van der Waals surface area (Å²) in [4.78, 5) is 11.5. The normalized spacial score (nSPS) is 19.8. The van der Waals surface area contributed by atoms with Crippen molar-refractivity contribution >= 4 is 11.6 Å². The van der Waals surface area contributed by atoms with E-state index in [-0.39, 0.29) is 6.42 Å². The molecule has 0 aromatic heterocycles. The zero-order chi connectivity index (χ0) is 12.6. The fourth-order valence-electron chi connectivity index (χ4n) is 2.05. The van der Waals surface area contributed by atoms with Crippen LogP contribution in [0.25, 0.3) is 0 Å². The third-order valence-corrected chi connectivity index (χ3v) is 2.83. The number of alkyl halides is 3. The number of nitrogens with one attached hydrogen (secondary N) is 1. The SMILES string of the molecule is Cc1ccc2c(c1)CC(CC(F)(F)F)C(=O)N2. The first-order valence-corrected chi connectivity index (χ1v) is 5.32. The molecule has 1 amide bonds. The van der Waals surface area contributed by atoms with E-state index in [0.29, 0.717) is 5.69 Å². The molecule has 1 heterocycles. The lowest BCUT2D eigenvalue weighted by Gasteiger charge is -2.25. The van der Waals surface area contributed by atoms with Gasteiger partial charge in [0.2, 0.25) is 5.91 Å². The lowest BCUT2D eigenvalue weighted by Crippen LogP contribution is -2.33. The first-order chi connectivity index (χ1) is 7.85. The van der Waals surface area contributed by atoms with Crippen LogP contribution in [-0.2, 0) is 11.2 Å². The van der Waals surface area contributed by atoms with Gasteiger partial charge in [0.15, 0.2) is 0 Å². The fraction of sp³-hybridized carbons (Fsp3) is 0.417. The molecule has 1 N–H and O–H groups in total. The third-order valence-electron chi connectivity index (χ3n) is 2.83. The van der Waals surface area contributed by atoms with E-state index < -0.39 is 24.4 Å². The lowest BCUT2D eigenvalue weighted by molar-refractivity contribution is -0.152. The summed E-state index contributed by atoms with van der Waals surface area (Å²) in [7, 11) is 0.